The molecule has 1 heteroatoms. The fraction of sp³-hybridized carbons (Fsp3) is 0.538. The predicted molar refractivity (Wildman–Crippen MR) is 60.3 cm³/mol. The lowest BCUT2D eigenvalue weighted by atomic mass is 10.1. The van der Waals surface area contributed by atoms with Gasteiger partial charge in [-0.05, 0) is 31.7 Å². The van der Waals surface area contributed by atoms with Gasteiger partial charge in [0, 0.05) is 12.1 Å². The highest BCUT2D eigenvalue weighted by atomic mass is 15.0. The van der Waals surface area contributed by atoms with Crippen LogP contribution in [0.15, 0.2) is 24.3 Å². The van der Waals surface area contributed by atoms with Crippen molar-refractivity contribution in [1.82, 2.24) is 5.32 Å². The first-order valence-electron chi connectivity index (χ1n) is 5.49. The molecule has 0 amide bonds. The van der Waals surface area contributed by atoms with E-state index in [0.717, 1.165) is 12.0 Å². The van der Waals surface area contributed by atoms with E-state index in [1.807, 2.05) is 0 Å². The molecular formula is C13H19N. The molecule has 0 bridgehead atoms. The maximum atomic E-state index is 3.65. The Balaban J connectivity index is 2.00. The summed E-state index contributed by atoms with van der Waals surface area (Å²) < 4.78 is 0. The molecule has 1 N–H and O–H groups in total. The van der Waals surface area contributed by atoms with Crippen LogP contribution in [0.2, 0.25) is 0 Å². The van der Waals surface area contributed by atoms with E-state index in [-0.39, 0.29) is 0 Å². The Hall–Kier alpha value is -0.820. The molecule has 1 aromatic carbocycles. The van der Waals surface area contributed by atoms with Crippen molar-refractivity contribution in [2.75, 3.05) is 0 Å². The molecule has 0 spiro atoms. The van der Waals surface area contributed by atoms with E-state index in [1.54, 1.807) is 0 Å². The van der Waals surface area contributed by atoms with Crippen molar-refractivity contribution in [2.24, 2.45) is 5.92 Å². The molecule has 2 rings (SSSR count). The van der Waals surface area contributed by atoms with Crippen LogP contribution >= 0.6 is 0 Å². The summed E-state index contributed by atoms with van der Waals surface area (Å²) in [5.41, 5.74) is 2.75. The fourth-order valence-electron chi connectivity index (χ4n) is 1.91. The second-order valence-electron chi connectivity index (χ2n) is 4.62. The molecule has 3 atom stereocenters. The van der Waals surface area contributed by atoms with E-state index in [9.17, 15) is 0 Å². The number of rotatable bonds is 3. The molecule has 14 heavy (non-hydrogen) atoms. The van der Waals surface area contributed by atoms with Gasteiger partial charge in [0.1, 0.15) is 0 Å². The predicted octanol–water partition coefficient (Wildman–Crippen LogP) is 3.05. The lowest BCUT2D eigenvalue weighted by molar-refractivity contribution is 0.551. The summed E-state index contributed by atoms with van der Waals surface area (Å²) in [5, 5.41) is 3.65. The molecule has 0 aliphatic heterocycles. The Morgan fingerprint density at radius 2 is 2.14 bits per heavy atom. The topological polar surface area (TPSA) is 12.0 Å². The van der Waals surface area contributed by atoms with Crippen molar-refractivity contribution in [3.05, 3.63) is 35.4 Å². The van der Waals surface area contributed by atoms with E-state index < -0.39 is 0 Å². The van der Waals surface area contributed by atoms with E-state index in [2.05, 4.69) is 50.4 Å². The summed E-state index contributed by atoms with van der Waals surface area (Å²) >= 11 is 0. The Morgan fingerprint density at radius 3 is 2.71 bits per heavy atom. The van der Waals surface area contributed by atoms with Gasteiger partial charge in [0.05, 0.1) is 0 Å². The first-order valence-corrected chi connectivity index (χ1v) is 5.49. The van der Waals surface area contributed by atoms with Crippen molar-refractivity contribution in [2.45, 2.75) is 39.3 Å². The number of benzene rings is 1. The Labute approximate surface area is 86.5 Å². The molecule has 1 unspecified atom stereocenters. The SMILES string of the molecule is Cc1cccc(C(C)N[C@@H]2C[C@H]2C)c1. The molecule has 1 fully saturated rings. The monoisotopic (exact) mass is 189 g/mol. The average molecular weight is 189 g/mol. The molecule has 1 aliphatic rings. The average Bonchev–Trinajstić information content (AvgIpc) is 2.81. The third-order valence-corrected chi connectivity index (χ3v) is 3.12. The van der Waals surface area contributed by atoms with Crippen LogP contribution in [-0.2, 0) is 0 Å². The maximum Gasteiger partial charge on any atom is 0.0294 e. The lowest BCUT2D eigenvalue weighted by Crippen LogP contribution is -2.21. The third-order valence-electron chi connectivity index (χ3n) is 3.12. The highest BCUT2D eigenvalue weighted by Crippen LogP contribution is 2.31. The smallest absolute Gasteiger partial charge is 0.0294 e. The van der Waals surface area contributed by atoms with E-state index in [1.165, 1.54) is 17.5 Å². The fourth-order valence-corrected chi connectivity index (χ4v) is 1.91. The largest absolute Gasteiger partial charge is 0.307 e. The van der Waals surface area contributed by atoms with Gasteiger partial charge in [0.25, 0.3) is 0 Å². The van der Waals surface area contributed by atoms with Gasteiger partial charge in [0.2, 0.25) is 0 Å². The number of hydrogen-bond donors (Lipinski definition) is 1. The molecule has 0 heterocycles. The standard InChI is InChI=1S/C13H19N/c1-9-5-4-6-12(7-9)11(3)14-13-8-10(13)2/h4-7,10-11,13-14H,8H2,1-3H3/t10-,11?,13-/m1/s1. The van der Waals surface area contributed by atoms with Crippen molar-refractivity contribution >= 4 is 0 Å². The van der Waals surface area contributed by atoms with Gasteiger partial charge in [-0.2, -0.15) is 0 Å². The minimum absolute atomic E-state index is 0.491. The lowest BCUT2D eigenvalue weighted by Gasteiger charge is -2.14. The van der Waals surface area contributed by atoms with Crippen molar-refractivity contribution in [3.63, 3.8) is 0 Å². The molecule has 1 aromatic rings. The van der Waals surface area contributed by atoms with Crippen LogP contribution in [0.1, 0.15) is 37.4 Å². The van der Waals surface area contributed by atoms with Gasteiger partial charge in [-0.1, -0.05) is 36.8 Å². The third kappa shape index (κ3) is 2.16. The summed E-state index contributed by atoms with van der Waals surface area (Å²) in [5.74, 6) is 0.877. The van der Waals surface area contributed by atoms with E-state index in [0.29, 0.717) is 6.04 Å². The minimum Gasteiger partial charge on any atom is -0.307 e. The second-order valence-corrected chi connectivity index (χ2v) is 4.62. The van der Waals surface area contributed by atoms with Gasteiger partial charge in [0.15, 0.2) is 0 Å². The second kappa shape index (κ2) is 3.74. The van der Waals surface area contributed by atoms with Gasteiger partial charge in [-0.15, -0.1) is 0 Å². The summed E-state index contributed by atoms with van der Waals surface area (Å²) in [6, 6.07) is 10.0. The first-order chi connectivity index (χ1) is 6.66. The molecule has 1 aliphatic carbocycles. The molecule has 0 aromatic heterocycles. The van der Waals surface area contributed by atoms with Gasteiger partial charge in [-0.25, -0.2) is 0 Å². The Morgan fingerprint density at radius 1 is 1.43 bits per heavy atom. The Bertz CT molecular complexity index is 319. The highest BCUT2D eigenvalue weighted by Gasteiger charge is 2.33. The normalized spacial score (nSPS) is 27.4. The van der Waals surface area contributed by atoms with Crippen LogP contribution in [0.25, 0.3) is 0 Å². The zero-order valence-corrected chi connectivity index (χ0v) is 9.25. The zero-order valence-electron chi connectivity index (χ0n) is 9.25. The summed E-state index contributed by atoms with van der Waals surface area (Å²) in [6.07, 6.45) is 1.34. The number of hydrogen-bond acceptors (Lipinski definition) is 1. The van der Waals surface area contributed by atoms with Crippen LogP contribution in [0.3, 0.4) is 0 Å². The number of aryl methyl sites for hydroxylation is 1. The summed E-state index contributed by atoms with van der Waals surface area (Å²) in [4.78, 5) is 0. The molecule has 76 valence electrons. The minimum atomic E-state index is 0.491. The Kier molecular flexibility index (Phi) is 2.60. The summed E-state index contributed by atoms with van der Waals surface area (Å²) in [7, 11) is 0. The van der Waals surface area contributed by atoms with E-state index in [4.69, 9.17) is 0 Å². The molecule has 0 radical (unpaired) electrons. The van der Waals surface area contributed by atoms with Gasteiger partial charge in [-0.3, -0.25) is 0 Å². The zero-order chi connectivity index (χ0) is 10.1. The number of nitrogens with one attached hydrogen (secondary N) is 1. The molecule has 1 nitrogen and oxygen atoms in total. The molecular weight excluding hydrogens is 170 g/mol. The van der Waals surface area contributed by atoms with Crippen molar-refractivity contribution in [3.8, 4) is 0 Å². The first kappa shape index (κ1) is 9.72. The van der Waals surface area contributed by atoms with Crippen LogP contribution < -0.4 is 5.32 Å². The van der Waals surface area contributed by atoms with Crippen molar-refractivity contribution < 1.29 is 0 Å². The quantitative estimate of drug-likeness (QED) is 0.770. The molecule has 0 saturated heterocycles. The highest BCUT2D eigenvalue weighted by molar-refractivity contribution is 5.24. The maximum absolute atomic E-state index is 3.65. The van der Waals surface area contributed by atoms with E-state index >= 15 is 0 Å². The molecule has 1 saturated carbocycles. The van der Waals surface area contributed by atoms with Gasteiger partial charge >= 0.3 is 0 Å². The van der Waals surface area contributed by atoms with Gasteiger partial charge < -0.3 is 5.32 Å². The van der Waals surface area contributed by atoms with Crippen LogP contribution in [0.5, 0.6) is 0 Å². The van der Waals surface area contributed by atoms with Crippen LogP contribution in [0.4, 0.5) is 0 Å². The summed E-state index contributed by atoms with van der Waals surface area (Å²) in [6.45, 7) is 6.70. The van der Waals surface area contributed by atoms with Crippen molar-refractivity contribution in [1.29, 1.82) is 0 Å². The van der Waals surface area contributed by atoms with Crippen LogP contribution in [-0.4, -0.2) is 6.04 Å². The van der Waals surface area contributed by atoms with Crippen LogP contribution in [0, 0.1) is 12.8 Å².